The van der Waals surface area contributed by atoms with Crippen molar-refractivity contribution in [1.29, 1.82) is 0 Å². The van der Waals surface area contributed by atoms with E-state index >= 15 is 0 Å². The Kier molecular flexibility index (Phi) is 4.01. The summed E-state index contributed by atoms with van der Waals surface area (Å²) in [6, 6.07) is 4.53. The van der Waals surface area contributed by atoms with Crippen LogP contribution in [0, 0.1) is 0 Å². The largest absolute Gasteiger partial charge is 0.478 e. The van der Waals surface area contributed by atoms with Crippen LogP contribution in [-0.4, -0.2) is 44.1 Å². The second kappa shape index (κ2) is 5.38. The highest BCUT2D eigenvalue weighted by molar-refractivity contribution is 7.91. The van der Waals surface area contributed by atoms with E-state index in [-0.39, 0.29) is 17.1 Å². The zero-order valence-electron chi connectivity index (χ0n) is 10.2. The lowest BCUT2D eigenvalue weighted by Gasteiger charge is -2.24. The number of carboxylic acid groups (broad SMARTS) is 1. The zero-order valence-corrected chi connectivity index (χ0v) is 11.7. The van der Waals surface area contributed by atoms with Gasteiger partial charge < -0.3 is 10.0 Å². The van der Waals surface area contributed by atoms with E-state index in [0.717, 1.165) is 0 Å². The number of rotatable bonds is 2. The van der Waals surface area contributed by atoms with Gasteiger partial charge in [-0.25, -0.2) is 13.2 Å². The SMILES string of the molecule is O=C(O)c1ccc(Cl)cc1N1CCCS(=O)(=O)CC1. The van der Waals surface area contributed by atoms with Gasteiger partial charge >= 0.3 is 5.97 Å². The molecule has 1 heterocycles. The van der Waals surface area contributed by atoms with Crippen molar-refractivity contribution in [2.75, 3.05) is 29.5 Å². The molecule has 0 radical (unpaired) electrons. The molecule has 1 fully saturated rings. The zero-order chi connectivity index (χ0) is 14.0. The Hall–Kier alpha value is -1.27. The minimum atomic E-state index is -3.03. The highest BCUT2D eigenvalue weighted by Crippen LogP contribution is 2.26. The summed E-state index contributed by atoms with van der Waals surface area (Å²) in [5.74, 6) is -0.857. The second-order valence-electron chi connectivity index (χ2n) is 4.46. The van der Waals surface area contributed by atoms with Gasteiger partial charge in [0.25, 0.3) is 0 Å². The molecule has 0 atom stereocenters. The third-order valence-corrected chi connectivity index (χ3v) is 5.04. The summed E-state index contributed by atoms with van der Waals surface area (Å²) >= 11 is 5.90. The average molecular weight is 304 g/mol. The van der Waals surface area contributed by atoms with E-state index < -0.39 is 15.8 Å². The smallest absolute Gasteiger partial charge is 0.337 e. The first-order valence-electron chi connectivity index (χ1n) is 5.87. The van der Waals surface area contributed by atoms with Crippen LogP contribution in [0.15, 0.2) is 18.2 Å². The van der Waals surface area contributed by atoms with Crippen molar-refractivity contribution in [3.05, 3.63) is 28.8 Å². The lowest BCUT2D eigenvalue weighted by molar-refractivity contribution is 0.0697. The number of anilines is 1. The molecule has 0 spiro atoms. The van der Waals surface area contributed by atoms with Crippen LogP contribution in [0.3, 0.4) is 0 Å². The van der Waals surface area contributed by atoms with Gasteiger partial charge in [-0.3, -0.25) is 0 Å². The van der Waals surface area contributed by atoms with Crippen LogP contribution in [0.1, 0.15) is 16.8 Å². The van der Waals surface area contributed by atoms with Gasteiger partial charge in [-0.15, -0.1) is 0 Å². The third-order valence-electron chi connectivity index (χ3n) is 3.09. The summed E-state index contributed by atoms with van der Waals surface area (Å²) in [6.07, 6.45) is 0.494. The molecule has 0 bridgehead atoms. The first kappa shape index (κ1) is 14.1. The summed E-state index contributed by atoms with van der Waals surface area (Å²) in [5, 5.41) is 9.61. The van der Waals surface area contributed by atoms with Crippen LogP contribution in [0.25, 0.3) is 0 Å². The van der Waals surface area contributed by atoms with Crippen molar-refractivity contribution in [2.45, 2.75) is 6.42 Å². The van der Waals surface area contributed by atoms with Crippen LogP contribution in [0.4, 0.5) is 5.69 Å². The van der Waals surface area contributed by atoms with Crippen molar-refractivity contribution in [1.82, 2.24) is 0 Å². The monoisotopic (exact) mass is 303 g/mol. The van der Waals surface area contributed by atoms with Gasteiger partial charge in [0.2, 0.25) is 0 Å². The fraction of sp³-hybridized carbons (Fsp3) is 0.417. The molecule has 7 heteroatoms. The molecule has 1 aromatic carbocycles. The van der Waals surface area contributed by atoms with Crippen molar-refractivity contribution in [3.8, 4) is 0 Å². The first-order chi connectivity index (χ1) is 8.89. The van der Waals surface area contributed by atoms with Gasteiger partial charge in [0.1, 0.15) is 0 Å². The van der Waals surface area contributed by atoms with Crippen molar-refractivity contribution < 1.29 is 18.3 Å². The number of halogens is 1. The van der Waals surface area contributed by atoms with Gasteiger partial charge in [-0.1, -0.05) is 11.6 Å². The third kappa shape index (κ3) is 3.39. The van der Waals surface area contributed by atoms with Crippen molar-refractivity contribution in [2.24, 2.45) is 0 Å². The molecule has 1 aliphatic rings. The molecule has 0 saturated carbocycles. The van der Waals surface area contributed by atoms with E-state index in [1.807, 2.05) is 0 Å². The van der Waals surface area contributed by atoms with E-state index in [9.17, 15) is 18.3 Å². The molecular formula is C12H14ClNO4S. The maximum atomic E-state index is 11.6. The quantitative estimate of drug-likeness (QED) is 0.899. The number of hydrogen-bond donors (Lipinski definition) is 1. The lowest BCUT2D eigenvalue weighted by atomic mass is 10.1. The Morgan fingerprint density at radius 2 is 2.00 bits per heavy atom. The molecule has 0 amide bonds. The molecule has 0 aromatic heterocycles. The summed E-state index contributed by atoms with van der Waals surface area (Å²) in [4.78, 5) is 13.0. The Balaban J connectivity index is 2.35. The van der Waals surface area contributed by atoms with Gasteiger partial charge in [-0.05, 0) is 24.6 Å². The van der Waals surface area contributed by atoms with Crippen LogP contribution in [-0.2, 0) is 9.84 Å². The lowest BCUT2D eigenvalue weighted by Crippen LogP contribution is -2.28. The summed E-state index contributed by atoms with van der Waals surface area (Å²) < 4.78 is 23.1. The molecule has 5 nitrogen and oxygen atoms in total. The van der Waals surface area contributed by atoms with Crippen LogP contribution in [0.2, 0.25) is 5.02 Å². The molecule has 19 heavy (non-hydrogen) atoms. The number of benzene rings is 1. The molecule has 0 aliphatic carbocycles. The minimum Gasteiger partial charge on any atom is -0.478 e. The van der Waals surface area contributed by atoms with Crippen LogP contribution < -0.4 is 4.90 Å². The summed E-state index contributed by atoms with van der Waals surface area (Å²) in [6.45, 7) is 0.808. The Morgan fingerprint density at radius 1 is 1.26 bits per heavy atom. The van der Waals surface area contributed by atoms with E-state index in [0.29, 0.717) is 30.2 Å². The molecule has 1 N–H and O–H groups in total. The average Bonchev–Trinajstić information content (AvgIpc) is 2.49. The van der Waals surface area contributed by atoms with Gasteiger partial charge in [0.15, 0.2) is 9.84 Å². The number of carbonyl (C=O) groups is 1. The van der Waals surface area contributed by atoms with Crippen LogP contribution in [0.5, 0.6) is 0 Å². The number of hydrogen-bond acceptors (Lipinski definition) is 4. The number of carboxylic acids is 1. The fourth-order valence-electron chi connectivity index (χ4n) is 2.13. The predicted octanol–water partition coefficient (Wildman–Crippen LogP) is 1.66. The number of sulfone groups is 1. The molecule has 2 rings (SSSR count). The van der Waals surface area contributed by atoms with E-state index in [1.165, 1.54) is 12.1 Å². The molecule has 1 saturated heterocycles. The number of aromatic carboxylic acids is 1. The Bertz CT molecular complexity index is 600. The maximum Gasteiger partial charge on any atom is 0.337 e. The molecule has 1 aliphatic heterocycles. The molecule has 0 unspecified atom stereocenters. The topological polar surface area (TPSA) is 74.7 Å². The highest BCUT2D eigenvalue weighted by atomic mass is 35.5. The fourth-order valence-corrected chi connectivity index (χ4v) is 3.56. The minimum absolute atomic E-state index is 0.0403. The molecule has 1 aromatic rings. The second-order valence-corrected chi connectivity index (χ2v) is 7.20. The van der Waals surface area contributed by atoms with Gasteiger partial charge in [0.05, 0.1) is 22.8 Å². The van der Waals surface area contributed by atoms with Gasteiger partial charge in [0, 0.05) is 18.1 Å². The highest BCUT2D eigenvalue weighted by Gasteiger charge is 2.22. The van der Waals surface area contributed by atoms with E-state index in [2.05, 4.69) is 0 Å². The predicted molar refractivity (Wildman–Crippen MR) is 73.9 cm³/mol. The first-order valence-corrected chi connectivity index (χ1v) is 8.07. The van der Waals surface area contributed by atoms with Crippen molar-refractivity contribution in [3.63, 3.8) is 0 Å². The number of nitrogens with zero attached hydrogens (tertiary/aromatic N) is 1. The van der Waals surface area contributed by atoms with Gasteiger partial charge in [-0.2, -0.15) is 0 Å². The summed E-state index contributed by atoms with van der Waals surface area (Å²) in [7, 11) is -3.03. The summed E-state index contributed by atoms with van der Waals surface area (Å²) in [5.41, 5.74) is 0.626. The Labute approximate surface area is 116 Å². The maximum absolute atomic E-state index is 11.6. The van der Waals surface area contributed by atoms with Crippen molar-refractivity contribution >= 4 is 33.1 Å². The van der Waals surface area contributed by atoms with Crippen LogP contribution >= 0.6 is 11.6 Å². The normalized spacial score (nSPS) is 18.9. The van der Waals surface area contributed by atoms with E-state index in [1.54, 1.807) is 11.0 Å². The Morgan fingerprint density at radius 3 is 2.68 bits per heavy atom. The molecular weight excluding hydrogens is 290 g/mol. The van der Waals surface area contributed by atoms with E-state index in [4.69, 9.17) is 11.6 Å². The standard InChI is InChI=1S/C12H14ClNO4S/c13-9-2-3-10(12(15)16)11(8-9)14-4-1-6-19(17,18)7-5-14/h2-3,8H,1,4-7H2,(H,15,16). The molecule has 104 valence electrons.